The van der Waals surface area contributed by atoms with E-state index in [9.17, 15) is 0 Å². The maximum Gasteiger partial charge on any atom is 0.230 e. The van der Waals surface area contributed by atoms with Crippen LogP contribution < -0.4 is 4.74 Å². The van der Waals surface area contributed by atoms with Crippen LogP contribution in [0.2, 0.25) is 0 Å². The van der Waals surface area contributed by atoms with Gasteiger partial charge in [-0.1, -0.05) is 6.92 Å². The van der Waals surface area contributed by atoms with Crippen LogP contribution in [0.4, 0.5) is 0 Å². The van der Waals surface area contributed by atoms with Crippen LogP contribution in [0, 0.1) is 18.3 Å². The first kappa shape index (κ1) is 9.59. The first-order valence-electron chi connectivity index (χ1n) is 4.27. The van der Waals surface area contributed by atoms with Crippen LogP contribution >= 0.6 is 0 Å². The molecule has 0 amide bonds. The number of nitrogens with zero attached hydrogens (tertiary/aromatic N) is 3. The maximum atomic E-state index is 8.83. The highest BCUT2D eigenvalue weighted by Crippen LogP contribution is 2.19. The van der Waals surface area contributed by atoms with Crippen molar-refractivity contribution in [3.8, 4) is 11.9 Å². The van der Waals surface area contributed by atoms with Crippen LogP contribution in [0.1, 0.15) is 24.6 Å². The molecule has 0 radical (unpaired) electrons. The zero-order valence-electron chi connectivity index (χ0n) is 8.16. The zero-order valence-corrected chi connectivity index (χ0v) is 8.16. The third-order valence-electron chi connectivity index (χ3n) is 1.72. The van der Waals surface area contributed by atoms with Crippen molar-refractivity contribution in [1.82, 2.24) is 9.78 Å². The molecule has 1 aromatic rings. The minimum Gasteiger partial charge on any atom is -0.477 e. The van der Waals surface area contributed by atoms with E-state index in [4.69, 9.17) is 10.00 Å². The Hall–Kier alpha value is -1.50. The van der Waals surface area contributed by atoms with Crippen molar-refractivity contribution in [2.75, 3.05) is 6.61 Å². The molecule has 0 fully saturated rings. The molecule has 70 valence electrons. The van der Waals surface area contributed by atoms with Gasteiger partial charge >= 0.3 is 0 Å². The van der Waals surface area contributed by atoms with Crippen molar-refractivity contribution in [1.29, 1.82) is 5.26 Å². The Labute approximate surface area is 77.7 Å². The van der Waals surface area contributed by atoms with E-state index in [2.05, 4.69) is 11.2 Å². The fourth-order valence-electron chi connectivity index (χ4n) is 1.13. The van der Waals surface area contributed by atoms with E-state index in [0.717, 1.165) is 12.1 Å². The molecule has 0 saturated carbocycles. The van der Waals surface area contributed by atoms with Crippen LogP contribution in [0.3, 0.4) is 0 Å². The summed E-state index contributed by atoms with van der Waals surface area (Å²) in [7, 11) is 1.78. The topological polar surface area (TPSA) is 50.8 Å². The lowest BCUT2D eigenvalue weighted by molar-refractivity contribution is 0.289. The van der Waals surface area contributed by atoms with E-state index in [1.807, 2.05) is 6.92 Å². The zero-order chi connectivity index (χ0) is 9.84. The highest BCUT2D eigenvalue weighted by Gasteiger charge is 2.13. The van der Waals surface area contributed by atoms with E-state index in [1.165, 1.54) is 0 Å². The van der Waals surface area contributed by atoms with Crippen LogP contribution in [-0.2, 0) is 7.05 Å². The van der Waals surface area contributed by atoms with Gasteiger partial charge in [0.1, 0.15) is 11.6 Å². The van der Waals surface area contributed by atoms with Gasteiger partial charge < -0.3 is 4.74 Å². The van der Waals surface area contributed by atoms with Gasteiger partial charge in [0.15, 0.2) is 0 Å². The third-order valence-corrected chi connectivity index (χ3v) is 1.72. The first-order chi connectivity index (χ1) is 6.20. The van der Waals surface area contributed by atoms with Crippen molar-refractivity contribution >= 4 is 0 Å². The molecule has 0 aliphatic rings. The minimum atomic E-state index is 0.538. The fraction of sp³-hybridized carbons (Fsp3) is 0.556. The van der Waals surface area contributed by atoms with Gasteiger partial charge in [0, 0.05) is 7.05 Å². The van der Waals surface area contributed by atoms with E-state index in [-0.39, 0.29) is 0 Å². The monoisotopic (exact) mass is 179 g/mol. The molecule has 0 N–H and O–H groups in total. The van der Waals surface area contributed by atoms with Crippen LogP contribution in [0.25, 0.3) is 0 Å². The molecule has 0 spiro atoms. The molecule has 0 unspecified atom stereocenters. The number of nitriles is 1. The number of hydrogen-bond acceptors (Lipinski definition) is 3. The average Bonchev–Trinajstić information content (AvgIpc) is 2.37. The largest absolute Gasteiger partial charge is 0.477 e. The average molecular weight is 179 g/mol. The van der Waals surface area contributed by atoms with Gasteiger partial charge in [-0.2, -0.15) is 10.4 Å². The first-order valence-corrected chi connectivity index (χ1v) is 4.27. The summed E-state index contributed by atoms with van der Waals surface area (Å²) >= 11 is 0. The Morgan fingerprint density at radius 2 is 2.31 bits per heavy atom. The molecule has 0 atom stereocenters. The van der Waals surface area contributed by atoms with Gasteiger partial charge in [-0.25, -0.2) is 4.68 Å². The lowest BCUT2D eigenvalue weighted by Crippen LogP contribution is -2.02. The van der Waals surface area contributed by atoms with E-state index < -0.39 is 0 Å². The van der Waals surface area contributed by atoms with E-state index >= 15 is 0 Å². The Kier molecular flexibility index (Phi) is 2.91. The van der Waals surface area contributed by atoms with Gasteiger partial charge in [0.2, 0.25) is 5.88 Å². The van der Waals surface area contributed by atoms with Gasteiger partial charge in [-0.05, 0) is 13.3 Å². The van der Waals surface area contributed by atoms with Crippen molar-refractivity contribution in [2.45, 2.75) is 20.3 Å². The number of aromatic nitrogens is 2. The van der Waals surface area contributed by atoms with Gasteiger partial charge in [-0.15, -0.1) is 0 Å². The summed E-state index contributed by atoms with van der Waals surface area (Å²) in [6, 6.07) is 2.09. The number of rotatable bonds is 3. The Morgan fingerprint density at radius 1 is 1.62 bits per heavy atom. The van der Waals surface area contributed by atoms with Gasteiger partial charge in [-0.3, -0.25) is 0 Å². The fourth-order valence-corrected chi connectivity index (χ4v) is 1.13. The third kappa shape index (κ3) is 1.81. The number of hydrogen-bond donors (Lipinski definition) is 0. The summed E-state index contributed by atoms with van der Waals surface area (Å²) in [5.41, 5.74) is 1.26. The van der Waals surface area contributed by atoms with Crippen LogP contribution in [0.15, 0.2) is 0 Å². The van der Waals surface area contributed by atoms with Crippen molar-refractivity contribution in [3.05, 3.63) is 11.3 Å². The second-order valence-electron chi connectivity index (χ2n) is 2.85. The summed E-state index contributed by atoms with van der Waals surface area (Å²) in [5, 5.41) is 12.9. The molecule has 4 heteroatoms. The molecule has 1 aromatic heterocycles. The molecule has 0 aromatic carbocycles. The molecule has 0 saturated heterocycles. The highest BCUT2D eigenvalue weighted by molar-refractivity contribution is 5.41. The lowest BCUT2D eigenvalue weighted by Gasteiger charge is -2.03. The molecule has 0 aliphatic heterocycles. The minimum absolute atomic E-state index is 0.538. The summed E-state index contributed by atoms with van der Waals surface area (Å²) in [5.74, 6) is 0.571. The SMILES string of the molecule is CCCOc1c(C#N)c(C)nn1C. The smallest absolute Gasteiger partial charge is 0.230 e. The quantitative estimate of drug-likeness (QED) is 0.704. The molecule has 0 bridgehead atoms. The normalized spacial score (nSPS) is 9.69. The molecule has 0 aliphatic carbocycles. The molecular formula is C9H13N3O. The maximum absolute atomic E-state index is 8.83. The Balaban J connectivity index is 2.97. The molecular weight excluding hydrogens is 166 g/mol. The van der Waals surface area contributed by atoms with Crippen LogP contribution in [-0.4, -0.2) is 16.4 Å². The standard InChI is InChI=1S/C9H13N3O/c1-4-5-13-9-8(6-10)7(2)11-12(9)3/h4-5H2,1-3H3. The Bertz CT molecular complexity index is 335. The molecule has 4 nitrogen and oxygen atoms in total. The van der Waals surface area contributed by atoms with E-state index in [0.29, 0.717) is 18.1 Å². The predicted molar refractivity (Wildman–Crippen MR) is 48.4 cm³/mol. The number of aryl methyl sites for hydroxylation is 2. The molecule has 1 heterocycles. The van der Waals surface area contributed by atoms with Crippen LogP contribution in [0.5, 0.6) is 5.88 Å². The Morgan fingerprint density at radius 3 is 2.85 bits per heavy atom. The van der Waals surface area contributed by atoms with Crippen molar-refractivity contribution in [3.63, 3.8) is 0 Å². The van der Waals surface area contributed by atoms with E-state index in [1.54, 1.807) is 18.7 Å². The number of ether oxygens (including phenoxy) is 1. The van der Waals surface area contributed by atoms with Gasteiger partial charge in [0.25, 0.3) is 0 Å². The van der Waals surface area contributed by atoms with Crippen molar-refractivity contribution < 1.29 is 4.74 Å². The van der Waals surface area contributed by atoms with Gasteiger partial charge in [0.05, 0.1) is 12.3 Å². The van der Waals surface area contributed by atoms with Crippen molar-refractivity contribution in [2.24, 2.45) is 7.05 Å². The predicted octanol–water partition coefficient (Wildman–Crippen LogP) is 1.39. The summed E-state index contributed by atoms with van der Waals surface area (Å²) in [6.07, 6.45) is 0.926. The second kappa shape index (κ2) is 3.94. The molecule has 1 rings (SSSR count). The lowest BCUT2D eigenvalue weighted by atomic mass is 10.3. The summed E-state index contributed by atoms with van der Waals surface area (Å²) < 4.78 is 7.01. The molecule has 13 heavy (non-hydrogen) atoms. The summed E-state index contributed by atoms with van der Waals surface area (Å²) in [4.78, 5) is 0. The highest BCUT2D eigenvalue weighted by atomic mass is 16.5. The summed E-state index contributed by atoms with van der Waals surface area (Å²) in [6.45, 7) is 4.44. The second-order valence-corrected chi connectivity index (χ2v) is 2.85.